The fourth-order valence-corrected chi connectivity index (χ4v) is 2.10. The van der Waals surface area contributed by atoms with Crippen LogP contribution in [0.2, 0.25) is 5.02 Å². The van der Waals surface area contributed by atoms with Crippen molar-refractivity contribution in [3.8, 4) is 0 Å². The highest BCUT2D eigenvalue weighted by molar-refractivity contribution is 6.30. The molecular formula is C17H17ClN2O3. The standard InChI is InChI=1S/C17H17ClN2O3/c1-11-3-4-12(17(22)23-2)9-15(11)19-10-16(21)20-14-7-5-13(18)6-8-14/h3-9,19H,10H2,1-2H3,(H,20,21). The Bertz CT molecular complexity index is 714. The highest BCUT2D eigenvalue weighted by Crippen LogP contribution is 2.18. The Balaban J connectivity index is 1.98. The van der Waals surface area contributed by atoms with Crippen molar-refractivity contribution >= 4 is 34.9 Å². The summed E-state index contributed by atoms with van der Waals surface area (Å²) >= 11 is 5.80. The molecule has 6 heteroatoms. The van der Waals surface area contributed by atoms with Crippen molar-refractivity contribution < 1.29 is 14.3 Å². The number of aryl methyl sites for hydroxylation is 1. The summed E-state index contributed by atoms with van der Waals surface area (Å²) in [4.78, 5) is 23.5. The van der Waals surface area contributed by atoms with E-state index in [1.54, 1.807) is 42.5 Å². The Morgan fingerprint density at radius 1 is 1.13 bits per heavy atom. The van der Waals surface area contributed by atoms with E-state index in [4.69, 9.17) is 11.6 Å². The number of carbonyl (C=O) groups excluding carboxylic acids is 2. The summed E-state index contributed by atoms with van der Waals surface area (Å²) in [7, 11) is 1.33. The van der Waals surface area contributed by atoms with Crippen LogP contribution in [0.5, 0.6) is 0 Å². The van der Waals surface area contributed by atoms with Gasteiger partial charge in [0.15, 0.2) is 0 Å². The van der Waals surface area contributed by atoms with Crippen LogP contribution in [0.4, 0.5) is 11.4 Å². The van der Waals surface area contributed by atoms with Crippen molar-refractivity contribution in [2.24, 2.45) is 0 Å². The van der Waals surface area contributed by atoms with E-state index in [0.29, 0.717) is 22.0 Å². The van der Waals surface area contributed by atoms with Crippen LogP contribution < -0.4 is 10.6 Å². The van der Waals surface area contributed by atoms with Gasteiger partial charge in [-0.3, -0.25) is 4.79 Å². The number of esters is 1. The van der Waals surface area contributed by atoms with Crippen LogP contribution >= 0.6 is 11.6 Å². The van der Waals surface area contributed by atoms with Gasteiger partial charge in [0.25, 0.3) is 0 Å². The zero-order chi connectivity index (χ0) is 16.8. The largest absolute Gasteiger partial charge is 0.465 e. The third-order valence-corrected chi connectivity index (χ3v) is 3.48. The fraction of sp³-hybridized carbons (Fsp3) is 0.176. The van der Waals surface area contributed by atoms with E-state index < -0.39 is 5.97 Å². The van der Waals surface area contributed by atoms with Crippen molar-refractivity contribution in [1.29, 1.82) is 0 Å². The molecule has 0 unspecified atom stereocenters. The number of halogens is 1. The number of hydrogen-bond acceptors (Lipinski definition) is 4. The summed E-state index contributed by atoms with van der Waals surface area (Å²) in [5.41, 5.74) is 2.73. The summed E-state index contributed by atoms with van der Waals surface area (Å²) in [5.74, 6) is -0.617. The molecule has 23 heavy (non-hydrogen) atoms. The molecule has 0 aliphatic rings. The van der Waals surface area contributed by atoms with Gasteiger partial charge in [-0.15, -0.1) is 0 Å². The molecule has 0 saturated heterocycles. The van der Waals surface area contributed by atoms with Crippen LogP contribution in [0.3, 0.4) is 0 Å². The molecule has 120 valence electrons. The number of rotatable bonds is 5. The monoisotopic (exact) mass is 332 g/mol. The van der Waals surface area contributed by atoms with Crippen LogP contribution in [-0.4, -0.2) is 25.5 Å². The molecule has 2 N–H and O–H groups in total. The van der Waals surface area contributed by atoms with E-state index in [1.807, 2.05) is 6.92 Å². The number of amides is 1. The summed E-state index contributed by atoms with van der Waals surface area (Å²) < 4.78 is 4.69. The molecule has 0 radical (unpaired) electrons. The van der Waals surface area contributed by atoms with Crippen LogP contribution in [-0.2, 0) is 9.53 Å². The Kier molecular flexibility index (Phi) is 5.60. The van der Waals surface area contributed by atoms with Crippen molar-refractivity contribution in [1.82, 2.24) is 0 Å². The first kappa shape index (κ1) is 16.8. The first-order valence-electron chi connectivity index (χ1n) is 6.98. The van der Waals surface area contributed by atoms with Gasteiger partial charge in [0.05, 0.1) is 19.2 Å². The summed E-state index contributed by atoms with van der Waals surface area (Å²) in [6.07, 6.45) is 0. The first-order valence-corrected chi connectivity index (χ1v) is 7.35. The van der Waals surface area contributed by atoms with E-state index >= 15 is 0 Å². The Labute approximate surface area is 139 Å². The maximum absolute atomic E-state index is 12.0. The van der Waals surface area contributed by atoms with E-state index in [9.17, 15) is 9.59 Å². The van der Waals surface area contributed by atoms with Gasteiger partial charge >= 0.3 is 5.97 Å². The predicted molar refractivity (Wildman–Crippen MR) is 91.1 cm³/mol. The molecule has 0 spiro atoms. The Morgan fingerprint density at radius 3 is 2.48 bits per heavy atom. The van der Waals surface area contributed by atoms with E-state index in [0.717, 1.165) is 5.56 Å². The van der Waals surface area contributed by atoms with Crippen molar-refractivity contribution in [3.63, 3.8) is 0 Å². The molecule has 2 aromatic rings. The molecule has 2 rings (SSSR count). The van der Waals surface area contributed by atoms with E-state index in [1.165, 1.54) is 7.11 Å². The lowest BCUT2D eigenvalue weighted by molar-refractivity contribution is -0.114. The third kappa shape index (κ3) is 4.72. The minimum absolute atomic E-state index is 0.0775. The maximum Gasteiger partial charge on any atom is 0.337 e. The van der Waals surface area contributed by atoms with Crippen LogP contribution in [0.1, 0.15) is 15.9 Å². The molecule has 0 fully saturated rings. The number of carbonyl (C=O) groups is 2. The van der Waals surface area contributed by atoms with Crippen LogP contribution in [0, 0.1) is 6.92 Å². The topological polar surface area (TPSA) is 67.4 Å². The number of anilines is 2. The Morgan fingerprint density at radius 2 is 1.83 bits per heavy atom. The molecule has 1 amide bonds. The highest BCUT2D eigenvalue weighted by atomic mass is 35.5. The molecule has 0 bridgehead atoms. The minimum atomic E-state index is -0.418. The summed E-state index contributed by atoms with van der Waals surface area (Å²) in [6, 6.07) is 12.0. The number of nitrogens with one attached hydrogen (secondary N) is 2. The SMILES string of the molecule is COC(=O)c1ccc(C)c(NCC(=O)Nc2ccc(Cl)cc2)c1. The van der Waals surface area contributed by atoms with E-state index in [2.05, 4.69) is 15.4 Å². The molecule has 0 atom stereocenters. The lowest BCUT2D eigenvalue weighted by Crippen LogP contribution is -2.22. The number of hydrogen-bond donors (Lipinski definition) is 2. The van der Waals surface area contributed by atoms with Crippen LogP contribution in [0.15, 0.2) is 42.5 Å². The molecule has 0 heterocycles. The molecule has 0 aliphatic heterocycles. The number of methoxy groups -OCH3 is 1. The quantitative estimate of drug-likeness (QED) is 0.822. The number of ether oxygens (including phenoxy) is 1. The molecule has 5 nitrogen and oxygen atoms in total. The van der Waals surface area contributed by atoms with Gasteiger partial charge in [-0.25, -0.2) is 4.79 Å². The fourth-order valence-electron chi connectivity index (χ4n) is 1.97. The van der Waals surface area contributed by atoms with E-state index in [-0.39, 0.29) is 12.5 Å². The Hall–Kier alpha value is -2.53. The van der Waals surface area contributed by atoms with Crippen LogP contribution in [0.25, 0.3) is 0 Å². The average Bonchev–Trinajstić information content (AvgIpc) is 2.55. The van der Waals surface area contributed by atoms with Gasteiger partial charge in [-0.1, -0.05) is 17.7 Å². The predicted octanol–water partition coefficient (Wildman–Crippen LogP) is 3.49. The molecule has 0 saturated carbocycles. The van der Waals surface area contributed by atoms with Gasteiger partial charge in [-0.2, -0.15) is 0 Å². The lowest BCUT2D eigenvalue weighted by Gasteiger charge is -2.11. The van der Waals surface area contributed by atoms with Gasteiger partial charge in [0.2, 0.25) is 5.91 Å². The molecular weight excluding hydrogens is 316 g/mol. The van der Waals surface area contributed by atoms with Crippen molar-refractivity contribution in [3.05, 3.63) is 58.6 Å². The molecule has 0 aromatic heterocycles. The summed E-state index contributed by atoms with van der Waals surface area (Å²) in [5, 5.41) is 6.38. The van der Waals surface area contributed by atoms with Gasteiger partial charge in [0, 0.05) is 16.4 Å². The molecule has 0 aliphatic carbocycles. The maximum atomic E-state index is 12.0. The van der Waals surface area contributed by atoms with Gasteiger partial charge < -0.3 is 15.4 Å². The van der Waals surface area contributed by atoms with Crippen molar-refractivity contribution in [2.45, 2.75) is 6.92 Å². The normalized spacial score (nSPS) is 10.0. The zero-order valence-electron chi connectivity index (χ0n) is 12.9. The second-order valence-corrected chi connectivity index (χ2v) is 5.37. The number of benzene rings is 2. The zero-order valence-corrected chi connectivity index (χ0v) is 13.6. The first-order chi connectivity index (χ1) is 11.0. The smallest absolute Gasteiger partial charge is 0.337 e. The second kappa shape index (κ2) is 7.65. The molecule has 2 aromatic carbocycles. The minimum Gasteiger partial charge on any atom is -0.465 e. The average molecular weight is 333 g/mol. The van der Waals surface area contributed by atoms with Gasteiger partial charge in [-0.05, 0) is 48.9 Å². The van der Waals surface area contributed by atoms with Crippen molar-refractivity contribution in [2.75, 3.05) is 24.3 Å². The summed E-state index contributed by atoms with van der Waals surface area (Å²) in [6.45, 7) is 1.97. The second-order valence-electron chi connectivity index (χ2n) is 4.93. The highest BCUT2D eigenvalue weighted by Gasteiger charge is 2.09. The third-order valence-electron chi connectivity index (χ3n) is 3.23. The van der Waals surface area contributed by atoms with Gasteiger partial charge in [0.1, 0.15) is 0 Å². The lowest BCUT2D eigenvalue weighted by atomic mass is 10.1.